The first kappa shape index (κ1) is 18.7. The standard InChI is InChI=1S/C18H20Cl2N2O2S/c19-17-7-4-8-18(20)16(17)13-21-9-11-22(12-10-21)25(23,24)14-15-5-2-1-3-6-15/h1-8H,9-14H2. The highest BCUT2D eigenvalue weighted by Gasteiger charge is 2.27. The number of rotatable bonds is 5. The van der Waals surface area contributed by atoms with E-state index in [0.717, 1.165) is 11.1 Å². The molecule has 2 aromatic rings. The van der Waals surface area contributed by atoms with Crippen molar-refractivity contribution in [2.45, 2.75) is 12.3 Å². The number of benzene rings is 2. The summed E-state index contributed by atoms with van der Waals surface area (Å²) in [7, 11) is -3.29. The predicted molar refractivity (Wildman–Crippen MR) is 102 cm³/mol. The van der Waals surface area contributed by atoms with Crippen molar-refractivity contribution in [2.24, 2.45) is 0 Å². The SMILES string of the molecule is O=S(=O)(Cc1ccccc1)N1CCN(Cc2c(Cl)cccc2Cl)CC1. The van der Waals surface area contributed by atoms with E-state index in [9.17, 15) is 8.42 Å². The smallest absolute Gasteiger partial charge is 0.218 e. The third-order valence-corrected chi connectivity index (χ3v) is 6.92. The van der Waals surface area contributed by atoms with E-state index < -0.39 is 10.0 Å². The second-order valence-corrected chi connectivity index (χ2v) is 8.90. The molecule has 0 N–H and O–H groups in total. The van der Waals surface area contributed by atoms with Gasteiger partial charge in [-0.25, -0.2) is 8.42 Å². The predicted octanol–water partition coefficient (Wildman–Crippen LogP) is 3.64. The fourth-order valence-electron chi connectivity index (χ4n) is 2.95. The van der Waals surface area contributed by atoms with Crippen LogP contribution in [-0.2, 0) is 22.3 Å². The molecule has 3 rings (SSSR count). The fourth-order valence-corrected chi connectivity index (χ4v) is 4.98. The molecule has 1 aliphatic rings. The van der Waals surface area contributed by atoms with Crippen molar-refractivity contribution in [2.75, 3.05) is 26.2 Å². The van der Waals surface area contributed by atoms with Gasteiger partial charge in [-0.05, 0) is 17.7 Å². The highest BCUT2D eigenvalue weighted by molar-refractivity contribution is 7.88. The number of nitrogens with zero attached hydrogens (tertiary/aromatic N) is 2. The third-order valence-electron chi connectivity index (χ3n) is 4.36. The Morgan fingerprint density at radius 3 is 2.04 bits per heavy atom. The largest absolute Gasteiger partial charge is 0.296 e. The molecule has 2 aromatic carbocycles. The molecule has 1 aliphatic heterocycles. The maximum Gasteiger partial charge on any atom is 0.218 e. The molecule has 0 unspecified atom stereocenters. The van der Waals surface area contributed by atoms with E-state index in [-0.39, 0.29) is 5.75 Å². The zero-order valence-electron chi connectivity index (χ0n) is 13.7. The maximum atomic E-state index is 12.6. The molecule has 0 saturated carbocycles. The Labute approximate surface area is 159 Å². The fraction of sp³-hybridized carbons (Fsp3) is 0.333. The normalized spacial score (nSPS) is 16.9. The van der Waals surface area contributed by atoms with E-state index in [1.165, 1.54) is 0 Å². The van der Waals surface area contributed by atoms with E-state index in [1.54, 1.807) is 4.31 Å². The van der Waals surface area contributed by atoms with Crippen LogP contribution in [0.4, 0.5) is 0 Å². The Hall–Kier alpha value is -1.11. The van der Waals surface area contributed by atoms with Gasteiger partial charge in [-0.2, -0.15) is 4.31 Å². The average molecular weight is 399 g/mol. The molecule has 1 heterocycles. The first-order valence-electron chi connectivity index (χ1n) is 8.13. The topological polar surface area (TPSA) is 40.6 Å². The number of sulfonamides is 1. The summed E-state index contributed by atoms with van der Waals surface area (Å²) in [6, 6.07) is 14.7. The highest BCUT2D eigenvalue weighted by atomic mass is 35.5. The Kier molecular flexibility index (Phi) is 6.02. The van der Waals surface area contributed by atoms with Crippen LogP contribution in [0.3, 0.4) is 0 Å². The van der Waals surface area contributed by atoms with Gasteiger partial charge in [-0.3, -0.25) is 4.90 Å². The minimum Gasteiger partial charge on any atom is -0.296 e. The molecular weight excluding hydrogens is 379 g/mol. The molecule has 4 nitrogen and oxygen atoms in total. The summed E-state index contributed by atoms with van der Waals surface area (Å²) < 4.78 is 26.8. The number of hydrogen-bond donors (Lipinski definition) is 0. The molecular formula is C18H20Cl2N2O2S. The van der Waals surface area contributed by atoms with Crippen molar-refractivity contribution in [1.82, 2.24) is 9.21 Å². The third kappa shape index (κ3) is 4.74. The monoisotopic (exact) mass is 398 g/mol. The van der Waals surface area contributed by atoms with Crippen LogP contribution in [0.2, 0.25) is 10.0 Å². The summed E-state index contributed by atoms with van der Waals surface area (Å²) in [5.41, 5.74) is 1.71. The average Bonchev–Trinajstić information content (AvgIpc) is 2.59. The van der Waals surface area contributed by atoms with E-state index in [2.05, 4.69) is 4.90 Å². The highest BCUT2D eigenvalue weighted by Crippen LogP contribution is 2.26. The lowest BCUT2D eigenvalue weighted by atomic mass is 10.2. The van der Waals surface area contributed by atoms with Gasteiger partial charge in [0.15, 0.2) is 0 Å². The Balaban J connectivity index is 1.60. The molecule has 0 spiro atoms. The van der Waals surface area contributed by atoms with Crippen LogP contribution in [0, 0.1) is 0 Å². The Morgan fingerprint density at radius 2 is 1.44 bits per heavy atom. The van der Waals surface area contributed by atoms with E-state index in [0.29, 0.717) is 42.8 Å². The first-order chi connectivity index (χ1) is 12.0. The quantitative estimate of drug-likeness (QED) is 0.771. The lowest BCUT2D eigenvalue weighted by Crippen LogP contribution is -2.48. The molecule has 0 radical (unpaired) electrons. The molecule has 0 bridgehead atoms. The maximum absolute atomic E-state index is 12.6. The van der Waals surface area contributed by atoms with Gasteiger partial charge >= 0.3 is 0 Å². The van der Waals surface area contributed by atoms with Gasteiger partial charge in [0.2, 0.25) is 10.0 Å². The van der Waals surface area contributed by atoms with Crippen molar-refractivity contribution in [1.29, 1.82) is 0 Å². The van der Waals surface area contributed by atoms with Crippen molar-refractivity contribution in [3.8, 4) is 0 Å². The van der Waals surface area contributed by atoms with Crippen LogP contribution in [0.15, 0.2) is 48.5 Å². The summed E-state index contributed by atoms with van der Waals surface area (Å²) in [5, 5.41) is 1.29. The van der Waals surface area contributed by atoms with Crippen LogP contribution >= 0.6 is 23.2 Å². The molecule has 0 amide bonds. The molecule has 25 heavy (non-hydrogen) atoms. The van der Waals surface area contributed by atoms with E-state index >= 15 is 0 Å². The summed E-state index contributed by atoms with van der Waals surface area (Å²) in [5.74, 6) is 0.0458. The van der Waals surface area contributed by atoms with E-state index in [4.69, 9.17) is 23.2 Å². The van der Waals surface area contributed by atoms with Crippen LogP contribution in [-0.4, -0.2) is 43.8 Å². The van der Waals surface area contributed by atoms with Crippen LogP contribution in [0.1, 0.15) is 11.1 Å². The van der Waals surface area contributed by atoms with E-state index in [1.807, 2.05) is 48.5 Å². The summed E-state index contributed by atoms with van der Waals surface area (Å²) in [6.07, 6.45) is 0. The molecule has 0 atom stereocenters. The molecule has 0 aromatic heterocycles. The van der Waals surface area contributed by atoms with Gasteiger partial charge in [0.25, 0.3) is 0 Å². The summed E-state index contributed by atoms with van der Waals surface area (Å²) in [6.45, 7) is 2.92. The van der Waals surface area contributed by atoms with Crippen LogP contribution in [0.25, 0.3) is 0 Å². The molecule has 1 saturated heterocycles. The summed E-state index contributed by atoms with van der Waals surface area (Å²) >= 11 is 12.4. The molecule has 0 aliphatic carbocycles. The molecule has 1 fully saturated rings. The van der Waals surface area contributed by atoms with Gasteiger partial charge < -0.3 is 0 Å². The summed E-state index contributed by atoms with van der Waals surface area (Å²) in [4.78, 5) is 2.18. The lowest BCUT2D eigenvalue weighted by Gasteiger charge is -2.34. The second kappa shape index (κ2) is 8.06. The van der Waals surface area contributed by atoms with Crippen LogP contribution in [0.5, 0.6) is 0 Å². The number of piperazine rings is 1. The minimum atomic E-state index is -3.29. The second-order valence-electron chi connectivity index (χ2n) is 6.12. The van der Waals surface area contributed by atoms with Gasteiger partial charge in [-0.15, -0.1) is 0 Å². The van der Waals surface area contributed by atoms with Crippen LogP contribution < -0.4 is 0 Å². The van der Waals surface area contributed by atoms with Crippen molar-refractivity contribution >= 4 is 33.2 Å². The zero-order chi connectivity index (χ0) is 17.9. The number of halogens is 2. The van der Waals surface area contributed by atoms with Crippen molar-refractivity contribution in [3.05, 3.63) is 69.7 Å². The van der Waals surface area contributed by atoms with Gasteiger partial charge in [0.05, 0.1) is 5.75 Å². The minimum absolute atomic E-state index is 0.0458. The zero-order valence-corrected chi connectivity index (χ0v) is 16.1. The molecule has 7 heteroatoms. The first-order valence-corrected chi connectivity index (χ1v) is 10.5. The van der Waals surface area contributed by atoms with Gasteiger partial charge in [0.1, 0.15) is 0 Å². The van der Waals surface area contributed by atoms with Gasteiger partial charge in [0, 0.05) is 48.3 Å². The Bertz CT molecular complexity index is 800. The Morgan fingerprint density at radius 1 is 0.840 bits per heavy atom. The lowest BCUT2D eigenvalue weighted by molar-refractivity contribution is 0.181. The number of hydrogen-bond acceptors (Lipinski definition) is 3. The van der Waals surface area contributed by atoms with Crippen molar-refractivity contribution in [3.63, 3.8) is 0 Å². The van der Waals surface area contributed by atoms with Gasteiger partial charge in [-0.1, -0.05) is 59.6 Å². The van der Waals surface area contributed by atoms with Crippen molar-refractivity contribution < 1.29 is 8.42 Å². The molecule has 134 valence electrons.